The molecule has 0 saturated carbocycles. The average Bonchev–Trinajstić information content (AvgIpc) is 2.47. The molecule has 1 aliphatic carbocycles. The molecule has 0 saturated heterocycles. The molecule has 0 fully saturated rings. The molecule has 116 valence electrons. The molecule has 0 aromatic heterocycles. The van der Waals surface area contributed by atoms with Gasteiger partial charge in [0.1, 0.15) is 6.34 Å². The predicted molar refractivity (Wildman–Crippen MR) is 87.6 cm³/mol. The molecule has 0 bridgehead atoms. The Hall–Kier alpha value is -1.59. The standard InChI is InChI=1S/C16H27N5/c1-20(2)10-9-16(21(18)19-12-17)15-8-7-13-5-3-4-6-14(13)11-15/h3-6,12,15-16H,7-11,18H2,1-2H3,(H2,17,19). The number of hydrogen-bond donors (Lipinski definition) is 2. The van der Waals surface area contributed by atoms with Crippen LogP contribution < -0.4 is 11.6 Å². The number of nitrogens with zero attached hydrogens (tertiary/aromatic N) is 3. The highest BCUT2D eigenvalue weighted by atomic mass is 15.6. The van der Waals surface area contributed by atoms with Gasteiger partial charge in [0, 0.05) is 0 Å². The van der Waals surface area contributed by atoms with Gasteiger partial charge in [-0.25, -0.2) is 11.0 Å². The van der Waals surface area contributed by atoms with Crippen LogP contribution in [0.5, 0.6) is 0 Å². The van der Waals surface area contributed by atoms with E-state index in [1.807, 2.05) is 0 Å². The molecule has 5 nitrogen and oxygen atoms in total. The number of hydrazine groups is 1. The lowest BCUT2D eigenvalue weighted by Gasteiger charge is -2.35. The highest BCUT2D eigenvalue weighted by Crippen LogP contribution is 2.30. The zero-order chi connectivity index (χ0) is 15.2. The summed E-state index contributed by atoms with van der Waals surface area (Å²) in [5.74, 6) is 6.62. The normalized spacial score (nSPS) is 19.7. The van der Waals surface area contributed by atoms with E-state index in [0.717, 1.165) is 32.2 Å². The Bertz CT molecular complexity index is 471. The lowest BCUT2D eigenvalue weighted by atomic mass is 9.79. The van der Waals surface area contributed by atoms with Gasteiger partial charge in [-0.15, -0.1) is 0 Å². The summed E-state index contributed by atoms with van der Waals surface area (Å²) in [6.07, 6.45) is 5.62. The summed E-state index contributed by atoms with van der Waals surface area (Å²) in [5, 5.41) is 5.64. The molecular formula is C16H27N5. The van der Waals surface area contributed by atoms with E-state index in [9.17, 15) is 0 Å². The van der Waals surface area contributed by atoms with Crippen molar-refractivity contribution in [1.29, 1.82) is 0 Å². The van der Waals surface area contributed by atoms with E-state index in [2.05, 4.69) is 48.4 Å². The summed E-state index contributed by atoms with van der Waals surface area (Å²) in [5.41, 5.74) is 8.34. The molecule has 0 aliphatic heterocycles. The van der Waals surface area contributed by atoms with Crippen LogP contribution in [0, 0.1) is 5.92 Å². The lowest BCUT2D eigenvalue weighted by Crippen LogP contribution is -2.45. The number of rotatable bonds is 6. The smallest absolute Gasteiger partial charge is 0.107 e. The lowest BCUT2D eigenvalue weighted by molar-refractivity contribution is 0.121. The zero-order valence-electron chi connectivity index (χ0n) is 13.1. The van der Waals surface area contributed by atoms with Crippen LogP contribution in [0.15, 0.2) is 29.4 Å². The Kier molecular flexibility index (Phi) is 5.59. The third-order valence-electron chi connectivity index (χ3n) is 4.34. The van der Waals surface area contributed by atoms with Crippen LogP contribution in [0.25, 0.3) is 0 Å². The van der Waals surface area contributed by atoms with Gasteiger partial charge >= 0.3 is 0 Å². The van der Waals surface area contributed by atoms with Gasteiger partial charge in [0.15, 0.2) is 0 Å². The minimum absolute atomic E-state index is 0.223. The van der Waals surface area contributed by atoms with Crippen molar-refractivity contribution >= 4 is 6.34 Å². The van der Waals surface area contributed by atoms with Crippen molar-refractivity contribution in [2.45, 2.75) is 31.7 Å². The van der Waals surface area contributed by atoms with Gasteiger partial charge in [-0.2, -0.15) is 5.10 Å². The van der Waals surface area contributed by atoms with Crippen molar-refractivity contribution in [3.05, 3.63) is 35.4 Å². The van der Waals surface area contributed by atoms with Gasteiger partial charge in [-0.05, 0) is 63.4 Å². The maximum atomic E-state index is 6.10. The summed E-state index contributed by atoms with van der Waals surface area (Å²) in [6, 6.07) is 8.93. The van der Waals surface area contributed by atoms with Crippen molar-refractivity contribution in [3.63, 3.8) is 0 Å². The van der Waals surface area contributed by atoms with Crippen LogP contribution in [0.3, 0.4) is 0 Å². The van der Waals surface area contributed by atoms with Gasteiger partial charge in [-0.1, -0.05) is 24.3 Å². The van der Waals surface area contributed by atoms with E-state index in [-0.39, 0.29) is 6.04 Å². The second-order valence-corrected chi connectivity index (χ2v) is 6.08. The number of hydrazone groups is 1. The molecule has 1 aliphatic rings. The first kappa shape index (κ1) is 15.8. The summed E-state index contributed by atoms with van der Waals surface area (Å²) in [4.78, 5) is 2.18. The van der Waals surface area contributed by atoms with Crippen molar-refractivity contribution < 1.29 is 0 Å². The largest absolute Gasteiger partial charge is 0.388 e. The number of benzene rings is 1. The Morgan fingerprint density at radius 1 is 1.33 bits per heavy atom. The SMILES string of the molecule is CN(C)CCC(C1CCc2ccccc2C1)N(N)/N=C\N. The van der Waals surface area contributed by atoms with Crippen LogP contribution in [0.2, 0.25) is 0 Å². The minimum Gasteiger partial charge on any atom is -0.388 e. The van der Waals surface area contributed by atoms with Gasteiger partial charge in [0.05, 0.1) is 6.04 Å². The molecule has 0 heterocycles. The summed E-state index contributed by atoms with van der Waals surface area (Å²) >= 11 is 0. The molecule has 0 amide bonds. The molecule has 1 aromatic rings. The zero-order valence-corrected chi connectivity index (χ0v) is 13.1. The first-order valence-corrected chi connectivity index (χ1v) is 7.61. The Morgan fingerprint density at radius 2 is 2.05 bits per heavy atom. The first-order valence-electron chi connectivity index (χ1n) is 7.61. The van der Waals surface area contributed by atoms with E-state index in [1.54, 1.807) is 5.12 Å². The molecule has 0 radical (unpaired) electrons. The molecule has 2 rings (SSSR count). The fourth-order valence-electron chi connectivity index (χ4n) is 3.19. The van der Waals surface area contributed by atoms with E-state index >= 15 is 0 Å². The maximum absolute atomic E-state index is 6.10. The Balaban J connectivity index is 2.10. The predicted octanol–water partition coefficient (Wildman–Crippen LogP) is 1.19. The number of hydrogen-bond acceptors (Lipinski definition) is 4. The average molecular weight is 289 g/mol. The fourth-order valence-corrected chi connectivity index (χ4v) is 3.19. The third-order valence-corrected chi connectivity index (χ3v) is 4.34. The second-order valence-electron chi connectivity index (χ2n) is 6.08. The van der Waals surface area contributed by atoms with Gasteiger partial charge < -0.3 is 10.6 Å². The number of fused-ring (bicyclic) bond motifs is 1. The van der Waals surface area contributed by atoms with E-state index in [0.29, 0.717) is 5.92 Å². The highest BCUT2D eigenvalue weighted by Gasteiger charge is 2.29. The third kappa shape index (κ3) is 4.19. The topological polar surface area (TPSA) is 70.9 Å². The van der Waals surface area contributed by atoms with Crippen LogP contribution in [-0.2, 0) is 12.8 Å². The Morgan fingerprint density at radius 3 is 2.71 bits per heavy atom. The first-order chi connectivity index (χ1) is 10.1. The molecule has 0 spiro atoms. The molecule has 2 atom stereocenters. The molecule has 1 aromatic carbocycles. The molecule has 4 N–H and O–H groups in total. The van der Waals surface area contributed by atoms with Crippen molar-refractivity contribution in [3.8, 4) is 0 Å². The minimum atomic E-state index is 0.223. The molecular weight excluding hydrogens is 262 g/mol. The molecule has 21 heavy (non-hydrogen) atoms. The fraction of sp³-hybridized carbons (Fsp3) is 0.562. The van der Waals surface area contributed by atoms with E-state index in [4.69, 9.17) is 11.6 Å². The van der Waals surface area contributed by atoms with Crippen molar-refractivity contribution in [2.24, 2.45) is 22.6 Å². The highest BCUT2D eigenvalue weighted by molar-refractivity contribution is 5.50. The maximum Gasteiger partial charge on any atom is 0.107 e. The van der Waals surface area contributed by atoms with Crippen molar-refractivity contribution in [2.75, 3.05) is 20.6 Å². The number of nitrogens with two attached hydrogens (primary N) is 2. The van der Waals surface area contributed by atoms with Crippen LogP contribution >= 0.6 is 0 Å². The second kappa shape index (κ2) is 7.43. The summed E-state index contributed by atoms with van der Waals surface area (Å²) < 4.78 is 0. The van der Waals surface area contributed by atoms with Crippen molar-refractivity contribution in [1.82, 2.24) is 10.0 Å². The van der Waals surface area contributed by atoms with E-state index < -0.39 is 0 Å². The van der Waals surface area contributed by atoms with Gasteiger partial charge in [0.25, 0.3) is 0 Å². The van der Waals surface area contributed by atoms with Gasteiger partial charge in [-0.3, -0.25) is 0 Å². The van der Waals surface area contributed by atoms with E-state index in [1.165, 1.54) is 17.5 Å². The molecule has 5 heteroatoms. The quantitative estimate of drug-likeness (QED) is 0.357. The van der Waals surface area contributed by atoms with Gasteiger partial charge in [0.2, 0.25) is 0 Å². The summed E-state index contributed by atoms with van der Waals surface area (Å²) in [7, 11) is 4.17. The Labute approximate surface area is 127 Å². The number of aryl methyl sites for hydroxylation is 1. The van der Waals surface area contributed by atoms with Crippen LogP contribution in [0.4, 0.5) is 0 Å². The molecule has 2 unspecified atom stereocenters. The summed E-state index contributed by atoms with van der Waals surface area (Å²) in [6.45, 7) is 0.997. The van der Waals surface area contributed by atoms with Crippen LogP contribution in [-0.4, -0.2) is 43.0 Å². The monoisotopic (exact) mass is 289 g/mol. The van der Waals surface area contributed by atoms with Crippen LogP contribution in [0.1, 0.15) is 24.0 Å².